The summed E-state index contributed by atoms with van der Waals surface area (Å²) in [4.78, 5) is 17.0. The van der Waals surface area contributed by atoms with Gasteiger partial charge in [-0.3, -0.25) is 9.89 Å². The Kier molecular flexibility index (Phi) is 4.50. The van der Waals surface area contributed by atoms with Gasteiger partial charge in [0.1, 0.15) is 5.82 Å². The van der Waals surface area contributed by atoms with Crippen LogP contribution in [0.25, 0.3) is 11.4 Å². The fraction of sp³-hybridized carbons (Fsp3) is 0.500. The first-order valence-electron chi connectivity index (χ1n) is 8.87. The number of aromatic amines is 1. The van der Waals surface area contributed by atoms with Gasteiger partial charge in [0.25, 0.3) is 0 Å². The molecule has 4 rings (SSSR count). The molecule has 1 aliphatic heterocycles. The molecule has 1 unspecified atom stereocenters. The number of rotatable bonds is 5. The Labute approximate surface area is 146 Å². The third-order valence-corrected chi connectivity index (χ3v) is 4.93. The van der Waals surface area contributed by atoms with Crippen LogP contribution in [0.15, 0.2) is 24.3 Å². The number of amides is 1. The molecule has 0 radical (unpaired) electrons. The van der Waals surface area contributed by atoms with Gasteiger partial charge in [-0.15, -0.1) is 0 Å². The van der Waals surface area contributed by atoms with Crippen molar-refractivity contribution < 1.29 is 9.53 Å². The van der Waals surface area contributed by atoms with Gasteiger partial charge in [0.15, 0.2) is 5.82 Å². The fourth-order valence-corrected chi connectivity index (χ4v) is 3.19. The third kappa shape index (κ3) is 3.72. The minimum Gasteiger partial charge on any atom is -0.381 e. The zero-order valence-electron chi connectivity index (χ0n) is 14.1. The highest BCUT2D eigenvalue weighted by Gasteiger charge is 2.28. The van der Waals surface area contributed by atoms with Crippen molar-refractivity contribution in [3.63, 3.8) is 0 Å². The zero-order valence-corrected chi connectivity index (χ0v) is 14.1. The maximum Gasteiger partial charge on any atom is 0.241 e. The highest BCUT2D eigenvalue weighted by atomic mass is 16.5. The summed E-state index contributed by atoms with van der Waals surface area (Å²) in [5.74, 6) is 2.16. The first-order valence-corrected chi connectivity index (χ1v) is 8.87. The third-order valence-electron chi connectivity index (χ3n) is 4.93. The summed E-state index contributed by atoms with van der Waals surface area (Å²) in [6.45, 7) is 1.35. The van der Waals surface area contributed by atoms with Crippen molar-refractivity contribution in [1.82, 2.24) is 15.2 Å². The van der Waals surface area contributed by atoms with Crippen molar-refractivity contribution >= 4 is 11.6 Å². The van der Waals surface area contributed by atoms with Crippen LogP contribution in [-0.4, -0.2) is 40.3 Å². The molecule has 1 aromatic heterocycles. The Bertz CT molecular complexity index is 749. The molecule has 1 aromatic carbocycles. The van der Waals surface area contributed by atoms with Crippen LogP contribution in [0.5, 0.6) is 0 Å². The molecule has 0 bridgehead atoms. The molecule has 2 heterocycles. The quantitative estimate of drug-likeness (QED) is 0.772. The van der Waals surface area contributed by atoms with E-state index in [1.54, 1.807) is 0 Å². The molecule has 1 aliphatic carbocycles. The van der Waals surface area contributed by atoms with Gasteiger partial charge in [0, 0.05) is 30.4 Å². The molecular formula is C18H23N5O2. The van der Waals surface area contributed by atoms with Gasteiger partial charge >= 0.3 is 0 Å². The Morgan fingerprint density at radius 2 is 2.08 bits per heavy atom. The number of hydrogen-bond acceptors (Lipinski definition) is 5. The number of carbonyl (C=O) groups is 1. The first-order chi connectivity index (χ1) is 12.2. The maximum atomic E-state index is 12.4. The van der Waals surface area contributed by atoms with Gasteiger partial charge in [-0.05, 0) is 43.7 Å². The van der Waals surface area contributed by atoms with E-state index in [2.05, 4.69) is 20.5 Å². The number of benzene rings is 1. The van der Waals surface area contributed by atoms with E-state index in [4.69, 9.17) is 10.5 Å². The summed E-state index contributed by atoms with van der Waals surface area (Å²) in [6.07, 6.45) is 4.01. The van der Waals surface area contributed by atoms with Crippen molar-refractivity contribution in [3.8, 4) is 11.4 Å². The van der Waals surface area contributed by atoms with Crippen LogP contribution in [-0.2, 0) is 9.53 Å². The molecule has 1 saturated heterocycles. The normalized spacial score (nSPS) is 19.6. The molecule has 25 heavy (non-hydrogen) atoms. The molecule has 2 aliphatic rings. The molecule has 4 N–H and O–H groups in total. The van der Waals surface area contributed by atoms with Gasteiger partial charge in [-0.2, -0.15) is 5.10 Å². The van der Waals surface area contributed by atoms with Crippen LogP contribution in [0.1, 0.15) is 37.4 Å². The summed E-state index contributed by atoms with van der Waals surface area (Å²) in [7, 11) is 0. The minimum atomic E-state index is -0.516. The fourth-order valence-electron chi connectivity index (χ4n) is 3.19. The standard InChI is InChI=1S/C18H23N5O2/c19-15(11-6-8-25-9-7-11)18(24)20-14-3-1-2-13(10-14)17-21-16(22-23-17)12-4-5-12/h1-3,10-12,15H,4-9,19H2,(H,20,24)(H,21,22,23). The molecule has 1 saturated carbocycles. The Morgan fingerprint density at radius 1 is 1.28 bits per heavy atom. The molecular weight excluding hydrogens is 318 g/mol. The summed E-state index contributed by atoms with van der Waals surface area (Å²) in [5.41, 5.74) is 7.72. The number of ether oxygens (including phenoxy) is 1. The van der Waals surface area contributed by atoms with Gasteiger partial charge < -0.3 is 15.8 Å². The van der Waals surface area contributed by atoms with Crippen LogP contribution in [0, 0.1) is 5.92 Å². The van der Waals surface area contributed by atoms with Gasteiger partial charge in [-0.1, -0.05) is 12.1 Å². The van der Waals surface area contributed by atoms with Crippen molar-refractivity contribution in [2.75, 3.05) is 18.5 Å². The zero-order chi connectivity index (χ0) is 17.2. The van der Waals surface area contributed by atoms with Crippen molar-refractivity contribution in [2.24, 2.45) is 11.7 Å². The van der Waals surface area contributed by atoms with Crippen LogP contribution >= 0.6 is 0 Å². The number of hydrogen-bond donors (Lipinski definition) is 3. The van der Waals surface area contributed by atoms with Gasteiger partial charge in [-0.25, -0.2) is 4.98 Å². The molecule has 7 nitrogen and oxygen atoms in total. The molecule has 1 amide bonds. The SMILES string of the molecule is NC(C(=O)Nc1cccc(-c2n[nH]c(C3CC3)n2)c1)C1CCOCC1. The summed E-state index contributed by atoms with van der Waals surface area (Å²) < 4.78 is 5.33. The second-order valence-electron chi connectivity index (χ2n) is 6.86. The van der Waals surface area contributed by atoms with Gasteiger partial charge in [0.2, 0.25) is 5.91 Å². The predicted molar refractivity (Wildman–Crippen MR) is 93.9 cm³/mol. The number of aromatic nitrogens is 3. The van der Waals surface area contributed by atoms with Crippen molar-refractivity contribution in [2.45, 2.75) is 37.6 Å². The number of nitrogens with zero attached hydrogens (tertiary/aromatic N) is 2. The molecule has 1 atom stereocenters. The van der Waals surface area contributed by atoms with E-state index in [0.717, 1.165) is 24.2 Å². The lowest BCUT2D eigenvalue weighted by molar-refractivity contribution is -0.119. The predicted octanol–water partition coefficient (Wildman–Crippen LogP) is 2.04. The average molecular weight is 341 g/mol. The molecule has 0 spiro atoms. The topological polar surface area (TPSA) is 106 Å². The van der Waals surface area contributed by atoms with E-state index in [9.17, 15) is 4.79 Å². The van der Waals surface area contributed by atoms with Crippen LogP contribution in [0.2, 0.25) is 0 Å². The van der Waals surface area contributed by atoms with Crippen molar-refractivity contribution in [1.29, 1.82) is 0 Å². The van der Waals surface area contributed by atoms with Crippen molar-refractivity contribution in [3.05, 3.63) is 30.1 Å². The minimum absolute atomic E-state index is 0.155. The number of nitrogens with two attached hydrogens (primary N) is 1. The summed E-state index contributed by atoms with van der Waals surface area (Å²) >= 11 is 0. The Hall–Kier alpha value is -2.25. The second-order valence-corrected chi connectivity index (χ2v) is 6.86. The highest BCUT2D eigenvalue weighted by Crippen LogP contribution is 2.38. The Morgan fingerprint density at radius 3 is 2.84 bits per heavy atom. The first kappa shape index (κ1) is 16.2. The molecule has 7 heteroatoms. The average Bonchev–Trinajstić information content (AvgIpc) is 3.39. The number of nitrogens with one attached hydrogen (secondary N) is 2. The smallest absolute Gasteiger partial charge is 0.241 e. The van der Waals surface area contributed by atoms with Crippen LogP contribution < -0.4 is 11.1 Å². The molecule has 132 valence electrons. The largest absolute Gasteiger partial charge is 0.381 e. The van der Waals surface area contributed by atoms with Crippen LogP contribution in [0.4, 0.5) is 5.69 Å². The van der Waals surface area contributed by atoms with E-state index in [0.29, 0.717) is 30.6 Å². The Balaban J connectivity index is 1.44. The second kappa shape index (κ2) is 6.93. The van der Waals surface area contributed by atoms with E-state index in [1.165, 1.54) is 12.8 Å². The van der Waals surface area contributed by atoms with Crippen LogP contribution in [0.3, 0.4) is 0 Å². The molecule has 2 aromatic rings. The molecule has 2 fully saturated rings. The van der Waals surface area contributed by atoms with E-state index >= 15 is 0 Å². The lowest BCUT2D eigenvalue weighted by atomic mass is 9.92. The summed E-state index contributed by atoms with van der Waals surface area (Å²) in [5, 5.41) is 10.2. The maximum absolute atomic E-state index is 12.4. The van der Waals surface area contributed by atoms with E-state index < -0.39 is 6.04 Å². The van der Waals surface area contributed by atoms with E-state index in [1.807, 2.05) is 24.3 Å². The lowest BCUT2D eigenvalue weighted by Gasteiger charge is -2.26. The summed E-state index contributed by atoms with van der Waals surface area (Å²) in [6, 6.07) is 7.05. The van der Waals surface area contributed by atoms with E-state index in [-0.39, 0.29) is 11.8 Å². The highest BCUT2D eigenvalue weighted by molar-refractivity contribution is 5.95. The number of H-pyrrole nitrogens is 1. The van der Waals surface area contributed by atoms with Gasteiger partial charge in [0.05, 0.1) is 6.04 Å². The number of carbonyl (C=O) groups excluding carboxylic acids is 1. The number of anilines is 1. The lowest BCUT2D eigenvalue weighted by Crippen LogP contribution is -2.44. The monoisotopic (exact) mass is 341 g/mol.